The zero-order chi connectivity index (χ0) is 19.9. The van der Waals surface area contributed by atoms with E-state index in [1.807, 2.05) is 30.3 Å². The molecule has 2 aromatic rings. The van der Waals surface area contributed by atoms with E-state index in [2.05, 4.69) is 42.7 Å². The van der Waals surface area contributed by atoms with Gasteiger partial charge in [0.2, 0.25) is 11.8 Å². The van der Waals surface area contributed by atoms with E-state index in [1.54, 1.807) is 0 Å². The first-order valence-corrected chi connectivity index (χ1v) is 10.2. The molecule has 0 radical (unpaired) electrons. The van der Waals surface area contributed by atoms with Gasteiger partial charge in [0.25, 0.3) is 0 Å². The van der Waals surface area contributed by atoms with Crippen LogP contribution in [0.2, 0.25) is 0 Å². The maximum Gasteiger partial charge on any atom is 0.223 e. The van der Waals surface area contributed by atoms with Crippen molar-refractivity contribution in [2.45, 2.75) is 52.6 Å². The van der Waals surface area contributed by atoms with Gasteiger partial charge in [0.1, 0.15) is 0 Å². The molecule has 28 heavy (non-hydrogen) atoms. The second-order valence-electron chi connectivity index (χ2n) is 7.90. The lowest BCUT2D eigenvalue weighted by atomic mass is 9.81. The Morgan fingerprint density at radius 2 is 1.43 bits per heavy atom. The lowest BCUT2D eigenvalue weighted by Gasteiger charge is -2.27. The highest BCUT2D eigenvalue weighted by molar-refractivity contribution is 5.81. The van der Waals surface area contributed by atoms with E-state index in [0.29, 0.717) is 13.1 Å². The monoisotopic (exact) mass is 378 g/mol. The van der Waals surface area contributed by atoms with Gasteiger partial charge in [-0.2, -0.15) is 0 Å². The number of rotatable bonds is 6. The number of benzene rings is 2. The molecule has 2 aromatic carbocycles. The lowest BCUT2D eigenvalue weighted by molar-refractivity contribution is -0.130. The fourth-order valence-electron chi connectivity index (χ4n) is 3.91. The minimum absolute atomic E-state index is 0.0184. The van der Waals surface area contributed by atoms with E-state index in [-0.39, 0.29) is 23.7 Å². The molecule has 1 fully saturated rings. The van der Waals surface area contributed by atoms with Gasteiger partial charge in [0.05, 0.1) is 0 Å². The van der Waals surface area contributed by atoms with Gasteiger partial charge in [-0.3, -0.25) is 9.59 Å². The first kappa shape index (κ1) is 20.1. The molecule has 0 spiro atoms. The second kappa shape index (κ2) is 9.54. The SMILES string of the molecule is Cc1cccc(CNC(=O)C2CCC(C(=O)NCc3ccccc3C)CC2)c1. The topological polar surface area (TPSA) is 58.2 Å². The molecule has 0 atom stereocenters. The number of carbonyl (C=O) groups is 2. The number of hydrogen-bond acceptors (Lipinski definition) is 2. The Hall–Kier alpha value is -2.62. The molecule has 0 aromatic heterocycles. The van der Waals surface area contributed by atoms with Crippen molar-refractivity contribution in [2.24, 2.45) is 11.8 Å². The highest BCUT2D eigenvalue weighted by Gasteiger charge is 2.29. The first-order valence-electron chi connectivity index (χ1n) is 10.2. The van der Waals surface area contributed by atoms with Crippen LogP contribution >= 0.6 is 0 Å². The van der Waals surface area contributed by atoms with Crippen molar-refractivity contribution in [3.8, 4) is 0 Å². The molecule has 0 bridgehead atoms. The van der Waals surface area contributed by atoms with Crippen molar-refractivity contribution < 1.29 is 9.59 Å². The van der Waals surface area contributed by atoms with Gasteiger partial charge in [0.15, 0.2) is 0 Å². The summed E-state index contributed by atoms with van der Waals surface area (Å²) in [5, 5.41) is 6.12. The largest absolute Gasteiger partial charge is 0.352 e. The molecule has 2 N–H and O–H groups in total. The Labute approximate surface area is 167 Å². The smallest absolute Gasteiger partial charge is 0.223 e. The van der Waals surface area contributed by atoms with Crippen LogP contribution in [0.25, 0.3) is 0 Å². The second-order valence-corrected chi connectivity index (χ2v) is 7.90. The zero-order valence-corrected chi connectivity index (χ0v) is 16.8. The molecule has 0 unspecified atom stereocenters. The lowest BCUT2D eigenvalue weighted by Crippen LogP contribution is -2.37. The molecule has 1 aliphatic carbocycles. The number of carbonyl (C=O) groups excluding carboxylic acids is 2. The minimum Gasteiger partial charge on any atom is -0.352 e. The van der Waals surface area contributed by atoms with Gasteiger partial charge < -0.3 is 10.6 Å². The third-order valence-corrected chi connectivity index (χ3v) is 5.73. The first-order chi connectivity index (χ1) is 13.5. The van der Waals surface area contributed by atoms with E-state index in [1.165, 1.54) is 11.1 Å². The number of amides is 2. The van der Waals surface area contributed by atoms with Crippen molar-refractivity contribution in [1.82, 2.24) is 10.6 Å². The fraction of sp³-hybridized carbons (Fsp3) is 0.417. The summed E-state index contributed by atoms with van der Waals surface area (Å²) in [5.74, 6) is 0.261. The molecule has 4 nitrogen and oxygen atoms in total. The molecular formula is C24H30N2O2. The Morgan fingerprint density at radius 3 is 2.04 bits per heavy atom. The molecule has 0 saturated heterocycles. The van der Waals surface area contributed by atoms with E-state index >= 15 is 0 Å². The Morgan fingerprint density at radius 1 is 0.821 bits per heavy atom. The molecule has 148 valence electrons. The van der Waals surface area contributed by atoms with Crippen LogP contribution in [0, 0.1) is 25.7 Å². The maximum atomic E-state index is 12.5. The van der Waals surface area contributed by atoms with Gasteiger partial charge in [-0.15, -0.1) is 0 Å². The summed E-state index contributed by atoms with van der Waals surface area (Å²) < 4.78 is 0. The van der Waals surface area contributed by atoms with Crippen molar-refractivity contribution in [1.29, 1.82) is 0 Å². The predicted molar refractivity (Wildman–Crippen MR) is 111 cm³/mol. The van der Waals surface area contributed by atoms with Crippen LogP contribution in [0.15, 0.2) is 48.5 Å². The van der Waals surface area contributed by atoms with Crippen molar-refractivity contribution in [2.75, 3.05) is 0 Å². The summed E-state index contributed by atoms with van der Waals surface area (Å²) in [6.07, 6.45) is 3.12. The maximum absolute atomic E-state index is 12.5. The van der Waals surface area contributed by atoms with Gasteiger partial charge in [-0.05, 0) is 56.2 Å². The molecule has 2 amide bonds. The Bertz CT molecular complexity index is 823. The summed E-state index contributed by atoms with van der Waals surface area (Å²) in [6.45, 7) is 5.25. The van der Waals surface area contributed by atoms with Gasteiger partial charge in [-0.1, -0.05) is 54.1 Å². The Kier molecular flexibility index (Phi) is 6.85. The zero-order valence-electron chi connectivity index (χ0n) is 16.8. The highest BCUT2D eigenvalue weighted by Crippen LogP contribution is 2.29. The molecule has 0 aliphatic heterocycles. The Balaban J connectivity index is 1.41. The van der Waals surface area contributed by atoms with E-state index in [4.69, 9.17) is 0 Å². The van der Waals surface area contributed by atoms with Gasteiger partial charge >= 0.3 is 0 Å². The molecule has 1 aliphatic rings. The summed E-state index contributed by atoms with van der Waals surface area (Å²) in [4.78, 5) is 25.0. The van der Waals surface area contributed by atoms with E-state index in [9.17, 15) is 9.59 Å². The van der Waals surface area contributed by atoms with Crippen LogP contribution in [0.1, 0.15) is 47.9 Å². The van der Waals surface area contributed by atoms with E-state index in [0.717, 1.165) is 36.8 Å². The van der Waals surface area contributed by atoms with Crippen molar-refractivity contribution in [3.05, 3.63) is 70.8 Å². The third-order valence-electron chi connectivity index (χ3n) is 5.73. The quantitative estimate of drug-likeness (QED) is 0.797. The van der Waals surface area contributed by atoms with Crippen molar-refractivity contribution >= 4 is 11.8 Å². The summed E-state index contributed by atoms with van der Waals surface area (Å²) in [7, 11) is 0. The van der Waals surface area contributed by atoms with Crippen molar-refractivity contribution in [3.63, 3.8) is 0 Å². The van der Waals surface area contributed by atoms with Crippen LogP contribution in [0.3, 0.4) is 0 Å². The van der Waals surface area contributed by atoms with E-state index < -0.39 is 0 Å². The normalized spacial score (nSPS) is 19.1. The molecule has 0 heterocycles. The number of aryl methyl sites for hydroxylation is 2. The average molecular weight is 379 g/mol. The van der Waals surface area contributed by atoms with Crippen LogP contribution in [-0.4, -0.2) is 11.8 Å². The summed E-state index contributed by atoms with van der Waals surface area (Å²) in [5.41, 5.74) is 4.67. The summed E-state index contributed by atoms with van der Waals surface area (Å²) >= 11 is 0. The average Bonchev–Trinajstić information content (AvgIpc) is 2.71. The predicted octanol–water partition coefficient (Wildman–Crippen LogP) is 4.04. The van der Waals surface area contributed by atoms with Crippen LogP contribution < -0.4 is 10.6 Å². The number of nitrogens with one attached hydrogen (secondary N) is 2. The van der Waals surface area contributed by atoms with Crippen LogP contribution in [0.5, 0.6) is 0 Å². The van der Waals surface area contributed by atoms with Crippen LogP contribution in [0.4, 0.5) is 0 Å². The van der Waals surface area contributed by atoms with Gasteiger partial charge in [-0.25, -0.2) is 0 Å². The summed E-state index contributed by atoms with van der Waals surface area (Å²) in [6, 6.07) is 16.3. The molecule has 4 heteroatoms. The third kappa shape index (κ3) is 5.44. The van der Waals surface area contributed by atoms with Gasteiger partial charge in [0, 0.05) is 24.9 Å². The minimum atomic E-state index is 0.0184. The molecule has 3 rings (SSSR count). The molecular weight excluding hydrogens is 348 g/mol. The van der Waals surface area contributed by atoms with Crippen LogP contribution in [-0.2, 0) is 22.7 Å². The highest BCUT2D eigenvalue weighted by atomic mass is 16.2. The fourth-order valence-corrected chi connectivity index (χ4v) is 3.91. The standard InChI is InChI=1S/C24H30N2O2/c1-17-6-5-8-19(14-17)15-25-23(27)20-10-12-21(13-11-20)24(28)26-16-22-9-4-3-7-18(22)2/h3-9,14,20-21H,10-13,15-16H2,1-2H3,(H,25,27)(H,26,28). The molecule has 1 saturated carbocycles. The number of hydrogen-bond donors (Lipinski definition) is 2.